The van der Waals surface area contributed by atoms with Gasteiger partial charge < -0.3 is 9.47 Å². The van der Waals surface area contributed by atoms with Gasteiger partial charge in [-0.25, -0.2) is 4.68 Å². The second-order valence-corrected chi connectivity index (χ2v) is 7.02. The number of ether oxygens (including phenoxy) is 2. The van der Waals surface area contributed by atoms with Crippen molar-refractivity contribution in [2.24, 2.45) is 0 Å². The molecule has 0 aliphatic carbocycles. The van der Waals surface area contributed by atoms with Crippen LogP contribution in [-0.4, -0.2) is 52.2 Å². The molecule has 1 aliphatic heterocycles. The van der Waals surface area contributed by atoms with Gasteiger partial charge in [-0.15, -0.1) is 5.10 Å². The van der Waals surface area contributed by atoms with Crippen LogP contribution in [0.15, 0.2) is 42.9 Å². The number of aromatic nitrogens is 4. The highest BCUT2D eigenvalue weighted by molar-refractivity contribution is 5.48. The minimum absolute atomic E-state index is 0.686. The van der Waals surface area contributed by atoms with E-state index in [1.807, 2.05) is 29.2 Å². The Bertz CT molecular complexity index is 891. The average molecular weight is 379 g/mol. The predicted octanol–water partition coefficient (Wildman–Crippen LogP) is 2.34. The number of benzene rings is 1. The first-order valence-corrected chi connectivity index (χ1v) is 9.49. The summed E-state index contributed by atoms with van der Waals surface area (Å²) in [6, 6.07) is 8.21. The molecule has 0 N–H and O–H groups in total. The minimum Gasteiger partial charge on any atom is -0.493 e. The van der Waals surface area contributed by atoms with E-state index in [-0.39, 0.29) is 0 Å². The zero-order valence-electron chi connectivity index (χ0n) is 16.3. The normalized spacial score (nSPS) is 14.4. The topological polar surface area (TPSA) is 65.3 Å². The summed E-state index contributed by atoms with van der Waals surface area (Å²) in [5, 5.41) is 8.62. The van der Waals surface area contributed by atoms with Gasteiger partial charge in [0.25, 0.3) is 0 Å². The van der Waals surface area contributed by atoms with E-state index in [0.29, 0.717) is 6.54 Å². The third kappa shape index (κ3) is 4.14. The monoisotopic (exact) mass is 379 g/mol. The molecule has 146 valence electrons. The maximum atomic E-state index is 5.45. The summed E-state index contributed by atoms with van der Waals surface area (Å²) in [5.41, 5.74) is 4.78. The van der Waals surface area contributed by atoms with E-state index in [4.69, 9.17) is 9.47 Å². The van der Waals surface area contributed by atoms with Gasteiger partial charge in [-0.2, -0.15) is 0 Å². The van der Waals surface area contributed by atoms with E-state index in [1.54, 1.807) is 20.4 Å². The molecule has 0 radical (unpaired) electrons. The smallest absolute Gasteiger partial charge is 0.161 e. The molecule has 1 aliphatic rings. The van der Waals surface area contributed by atoms with Gasteiger partial charge in [0.05, 0.1) is 32.7 Å². The maximum absolute atomic E-state index is 5.45. The molecule has 0 saturated carbocycles. The van der Waals surface area contributed by atoms with Crippen molar-refractivity contribution >= 4 is 0 Å². The largest absolute Gasteiger partial charge is 0.493 e. The predicted molar refractivity (Wildman–Crippen MR) is 106 cm³/mol. The molecule has 0 spiro atoms. The van der Waals surface area contributed by atoms with Gasteiger partial charge in [-0.1, -0.05) is 11.3 Å². The lowest BCUT2D eigenvalue weighted by molar-refractivity contribution is 0.276. The molecule has 0 saturated heterocycles. The second-order valence-electron chi connectivity index (χ2n) is 7.02. The maximum Gasteiger partial charge on any atom is 0.161 e. The van der Waals surface area contributed by atoms with E-state index >= 15 is 0 Å². The molecule has 7 nitrogen and oxygen atoms in total. The third-order valence-electron chi connectivity index (χ3n) is 5.14. The number of methoxy groups -OCH3 is 2. The van der Waals surface area contributed by atoms with E-state index < -0.39 is 0 Å². The Labute approximate surface area is 164 Å². The van der Waals surface area contributed by atoms with Gasteiger partial charge in [-0.3, -0.25) is 9.88 Å². The molecular formula is C21H25N5O2. The third-order valence-corrected chi connectivity index (χ3v) is 5.14. The quantitative estimate of drug-likeness (QED) is 0.655. The Morgan fingerprint density at radius 2 is 1.71 bits per heavy atom. The summed E-state index contributed by atoms with van der Waals surface area (Å²) in [5.74, 6) is 1.60. The second kappa shape index (κ2) is 8.39. The molecule has 3 aromatic rings. The molecule has 4 rings (SSSR count). The van der Waals surface area contributed by atoms with E-state index in [1.165, 1.54) is 11.1 Å². The highest BCUT2D eigenvalue weighted by Crippen LogP contribution is 2.32. The molecule has 0 unspecified atom stereocenters. The van der Waals surface area contributed by atoms with Crippen molar-refractivity contribution in [2.45, 2.75) is 25.9 Å². The van der Waals surface area contributed by atoms with E-state index in [9.17, 15) is 0 Å². The Morgan fingerprint density at radius 1 is 1.00 bits per heavy atom. The minimum atomic E-state index is 0.686. The van der Waals surface area contributed by atoms with Crippen molar-refractivity contribution in [3.8, 4) is 11.5 Å². The van der Waals surface area contributed by atoms with Crippen LogP contribution in [-0.2, 0) is 25.9 Å². The first kappa shape index (κ1) is 18.4. The number of hydrogen-bond donors (Lipinski definition) is 0. The van der Waals surface area contributed by atoms with Crippen molar-refractivity contribution in [1.29, 1.82) is 0 Å². The van der Waals surface area contributed by atoms with Crippen LogP contribution >= 0.6 is 0 Å². The van der Waals surface area contributed by atoms with Gasteiger partial charge in [0, 0.05) is 32.0 Å². The molecule has 2 aromatic heterocycles. The van der Waals surface area contributed by atoms with Crippen LogP contribution in [0.2, 0.25) is 0 Å². The van der Waals surface area contributed by atoms with E-state index in [0.717, 1.165) is 55.2 Å². The number of rotatable bonds is 6. The fourth-order valence-corrected chi connectivity index (χ4v) is 3.65. The fraction of sp³-hybridized carbons (Fsp3) is 0.381. The molecule has 0 fully saturated rings. The summed E-state index contributed by atoms with van der Waals surface area (Å²) in [4.78, 5) is 6.58. The van der Waals surface area contributed by atoms with Crippen LogP contribution in [0.25, 0.3) is 0 Å². The molecule has 7 heteroatoms. The van der Waals surface area contributed by atoms with Gasteiger partial charge in [0.1, 0.15) is 0 Å². The van der Waals surface area contributed by atoms with Crippen LogP contribution in [0.5, 0.6) is 11.5 Å². The van der Waals surface area contributed by atoms with Crippen LogP contribution in [0, 0.1) is 0 Å². The molecule has 0 bridgehead atoms. The lowest BCUT2D eigenvalue weighted by Crippen LogP contribution is -2.26. The first-order chi connectivity index (χ1) is 13.7. The number of nitrogens with zero attached hydrogens (tertiary/aromatic N) is 5. The Hall–Kier alpha value is -2.93. The number of fused-ring (bicyclic) bond motifs is 1. The molecule has 0 amide bonds. The van der Waals surface area contributed by atoms with Crippen molar-refractivity contribution in [1.82, 2.24) is 24.9 Å². The van der Waals surface area contributed by atoms with Crippen LogP contribution in [0.4, 0.5) is 0 Å². The van der Waals surface area contributed by atoms with Crippen molar-refractivity contribution < 1.29 is 9.47 Å². The lowest BCUT2D eigenvalue weighted by atomic mass is 10.0. The molecule has 1 aromatic carbocycles. The first-order valence-electron chi connectivity index (χ1n) is 9.49. The van der Waals surface area contributed by atoms with Crippen molar-refractivity contribution in [3.63, 3.8) is 0 Å². The summed E-state index contributed by atoms with van der Waals surface area (Å²) in [6.45, 7) is 3.46. The number of hydrogen-bond acceptors (Lipinski definition) is 6. The summed E-state index contributed by atoms with van der Waals surface area (Å²) >= 11 is 0. The molecule has 28 heavy (non-hydrogen) atoms. The highest BCUT2D eigenvalue weighted by atomic mass is 16.5. The van der Waals surface area contributed by atoms with Crippen molar-refractivity contribution in [2.75, 3.05) is 27.3 Å². The Kier molecular flexibility index (Phi) is 5.53. The standard InChI is InChI=1S/C21H25N5O2/c1-27-20-10-17-5-8-25(9-6-18(17)11-21(20)28-2)14-19-15-26(24-23-19)13-16-4-3-7-22-12-16/h3-4,7,10-12,15H,5-6,8-9,13-14H2,1-2H3. The summed E-state index contributed by atoms with van der Waals surface area (Å²) < 4.78 is 12.8. The van der Waals surface area contributed by atoms with Crippen LogP contribution in [0.3, 0.4) is 0 Å². The zero-order chi connectivity index (χ0) is 19.3. The van der Waals surface area contributed by atoms with Crippen molar-refractivity contribution in [3.05, 3.63) is 65.2 Å². The molecule has 0 atom stereocenters. The lowest BCUT2D eigenvalue weighted by Gasteiger charge is -2.17. The average Bonchev–Trinajstić information content (AvgIpc) is 3.07. The van der Waals surface area contributed by atoms with E-state index in [2.05, 4.69) is 32.3 Å². The molecule has 3 heterocycles. The summed E-state index contributed by atoms with van der Waals surface area (Å²) in [7, 11) is 3.37. The zero-order valence-corrected chi connectivity index (χ0v) is 16.3. The van der Waals surface area contributed by atoms with Gasteiger partial charge >= 0.3 is 0 Å². The van der Waals surface area contributed by atoms with Gasteiger partial charge in [0.15, 0.2) is 11.5 Å². The van der Waals surface area contributed by atoms with Crippen LogP contribution < -0.4 is 9.47 Å². The highest BCUT2D eigenvalue weighted by Gasteiger charge is 2.18. The number of pyridine rings is 1. The fourth-order valence-electron chi connectivity index (χ4n) is 3.65. The Morgan fingerprint density at radius 3 is 2.32 bits per heavy atom. The van der Waals surface area contributed by atoms with Gasteiger partial charge in [-0.05, 0) is 47.7 Å². The summed E-state index contributed by atoms with van der Waals surface area (Å²) in [6.07, 6.45) is 7.63. The Balaban J connectivity index is 1.40. The molecular weight excluding hydrogens is 354 g/mol. The van der Waals surface area contributed by atoms with Gasteiger partial charge in [0.2, 0.25) is 0 Å². The van der Waals surface area contributed by atoms with Crippen LogP contribution in [0.1, 0.15) is 22.4 Å². The SMILES string of the molecule is COc1cc2c(cc1OC)CCN(Cc1cn(Cc3cccnc3)nn1)CC2.